The summed E-state index contributed by atoms with van der Waals surface area (Å²) in [6.07, 6.45) is -6.86. The van der Waals surface area contributed by atoms with E-state index in [2.05, 4.69) is 22.3 Å². The highest BCUT2D eigenvalue weighted by Gasteiger charge is 2.39. The molecule has 1 fully saturated rings. The molecule has 1 aromatic rings. The molecule has 0 amide bonds. The van der Waals surface area contributed by atoms with Crippen LogP contribution in [0.25, 0.3) is 0 Å². The second-order valence-electron chi connectivity index (χ2n) is 6.63. The van der Waals surface area contributed by atoms with Gasteiger partial charge in [-0.15, -0.1) is 0 Å². The first-order valence-electron chi connectivity index (χ1n) is 8.02. The molecule has 1 aliphatic heterocycles. The minimum absolute atomic E-state index is 0.0148. The molecule has 1 saturated heterocycles. The number of aliphatic hydroxyl groups is 1. The van der Waals surface area contributed by atoms with E-state index < -0.39 is 18.8 Å². The summed E-state index contributed by atoms with van der Waals surface area (Å²) in [5.41, 5.74) is 1.24. The van der Waals surface area contributed by atoms with Crippen molar-refractivity contribution >= 4 is 0 Å². The van der Waals surface area contributed by atoms with Gasteiger partial charge >= 0.3 is 6.18 Å². The standard InChI is InChI=1S/C17H25F3N2O/c1-12-9-22(11-14-6-4-3-5-7-14)10-13(2)16(12)21-8-15(23)17(18,19)20/h3-7,12-13,15-16,21,23H,8-11H2,1-2H3. The van der Waals surface area contributed by atoms with Crippen molar-refractivity contribution < 1.29 is 18.3 Å². The predicted molar refractivity (Wildman–Crippen MR) is 83.9 cm³/mol. The molecule has 0 aliphatic carbocycles. The van der Waals surface area contributed by atoms with Crippen LogP contribution in [0.2, 0.25) is 0 Å². The average molecular weight is 330 g/mol. The molecule has 0 bridgehead atoms. The first-order chi connectivity index (χ1) is 10.8. The Bertz CT molecular complexity index is 468. The van der Waals surface area contributed by atoms with Crippen molar-refractivity contribution in [1.29, 1.82) is 0 Å². The fourth-order valence-electron chi connectivity index (χ4n) is 3.41. The van der Waals surface area contributed by atoms with Crippen molar-refractivity contribution in [3.63, 3.8) is 0 Å². The second-order valence-corrected chi connectivity index (χ2v) is 6.63. The van der Waals surface area contributed by atoms with Gasteiger partial charge in [0.05, 0.1) is 0 Å². The Morgan fingerprint density at radius 1 is 1.17 bits per heavy atom. The average Bonchev–Trinajstić information content (AvgIpc) is 2.46. The number of hydrogen-bond acceptors (Lipinski definition) is 3. The van der Waals surface area contributed by atoms with Gasteiger partial charge < -0.3 is 10.4 Å². The number of likely N-dealkylation sites (tertiary alicyclic amines) is 1. The minimum Gasteiger partial charge on any atom is -0.382 e. The normalized spacial score (nSPS) is 27.8. The summed E-state index contributed by atoms with van der Waals surface area (Å²) in [6, 6.07) is 10.2. The Kier molecular flexibility index (Phi) is 6.06. The van der Waals surface area contributed by atoms with Crippen LogP contribution in [0.15, 0.2) is 30.3 Å². The molecular formula is C17H25F3N2O. The van der Waals surface area contributed by atoms with E-state index in [4.69, 9.17) is 5.11 Å². The van der Waals surface area contributed by atoms with Crippen LogP contribution in [0, 0.1) is 11.8 Å². The van der Waals surface area contributed by atoms with Gasteiger partial charge in [-0.3, -0.25) is 4.90 Å². The highest BCUT2D eigenvalue weighted by molar-refractivity contribution is 5.14. The molecule has 1 heterocycles. The monoisotopic (exact) mass is 330 g/mol. The first kappa shape index (κ1) is 18.2. The lowest BCUT2D eigenvalue weighted by molar-refractivity contribution is -0.202. The van der Waals surface area contributed by atoms with E-state index in [0.29, 0.717) is 0 Å². The van der Waals surface area contributed by atoms with E-state index in [1.54, 1.807) is 0 Å². The van der Waals surface area contributed by atoms with Crippen LogP contribution in [-0.2, 0) is 6.54 Å². The van der Waals surface area contributed by atoms with Crippen LogP contribution in [0.5, 0.6) is 0 Å². The topological polar surface area (TPSA) is 35.5 Å². The number of nitrogens with one attached hydrogen (secondary N) is 1. The maximum Gasteiger partial charge on any atom is 0.415 e. The smallest absolute Gasteiger partial charge is 0.382 e. The Hall–Kier alpha value is -1.11. The van der Waals surface area contributed by atoms with Gasteiger partial charge in [0.25, 0.3) is 0 Å². The highest BCUT2D eigenvalue weighted by atomic mass is 19.4. The van der Waals surface area contributed by atoms with E-state index >= 15 is 0 Å². The van der Waals surface area contributed by atoms with Gasteiger partial charge in [-0.1, -0.05) is 44.2 Å². The molecule has 1 aliphatic rings. The molecule has 23 heavy (non-hydrogen) atoms. The highest BCUT2D eigenvalue weighted by Crippen LogP contribution is 2.25. The molecule has 2 N–H and O–H groups in total. The number of benzene rings is 1. The molecular weight excluding hydrogens is 305 g/mol. The van der Waals surface area contributed by atoms with Crippen molar-refractivity contribution in [3.8, 4) is 0 Å². The lowest BCUT2D eigenvalue weighted by Crippen LogP contribution is -2.55. The van der Waals surface area contributed by atoms with Crippen LogP contribution in [-0.4, -0.2) is 48.0 Å². The summed E-state index contributed by atoms with van der Waals surface area (Å²) in [7, 11) is 0. The van der Waals surface area contributed by atoms with E-state index in [9.17, 15) is 13.2 Å². The second kappa shape index (κ2) is 7.64. The van der Waals surface area contributed by atoms with Crippen LogP contribution < -0.4 is 5.32 Å². The molecule has 2 rings (SSSR count). The number of halogens is 3. The summed E-state index contributed by atoms with van der Waals surface area (Å²) in [6.45, 7) is 6.17. The van der Waals surface area contributed by atoms with Crippen LogP contribution >= 0.6 is 0 Å². The lowest BCUT2D eigenvalue weighted by Gasteiger charge is -2.42. The van der Waals surface area contributed by atoms with Gasteiger partial charge in [-0.25, -0.2) is 0 Å². The lowest BCUT2D eigenvalue weighted by atomic mass is 9.85. The molecule has 130 valence electrons. The quantitative estimate of drug-likeness (QED) is 0.871. The summed E-state index contributed by atoms with van der Waals surface area (Å²) in [5.74, 6) is 0.450. The van der Waals surface area contributed by atoms with Crippen LogP contribution in [0.3, 0.4) is 0 Å². The molecule has 0 aromatic heterocycles. The van der Waals surface area contributed by atoms with Crippen molar-refractivity contribution in [2.75, 3.05) is 19.6 Å². The summed E-state index contributed by atoms with van der Waals surface area (Å²) in [4.78, 5) is 2.34. The molecule has 0 radical (unpaired) electrons. The van der Waals surface area contributed by atoms with Gasteiger partial charge in [0.2, 0.25) is 0 Å². The van der Waals surface area contributed by atoms with Gasteiger partial charge in [-0.05, 0) is 17.4 Å². The predicted octanol–water partition coefficient (Wildman–Crippen LogP) is 2.66. The zero-order chi connectivity index (χ0) is 17.0. The van der Waals surface area contributed by atoms with Gasteiger partial charge in [0.15, 0.2) is 6.10 Å². The largest absolute Gasteiger partial charge is 0.415 e. The van der Waals surface area contributed by atoms with E-state index in [0.717, 1.165) is 19.6 Å². The van der Waals surface area contributed by atoms with Crippen molar-refractivity contribution in [3.05, 3.63) is 35.9 Å². The third-order valence-corrected chi connectivity index (χ3v) is 4.49. The third-order valence-electron chi connectivity index (χ3n) is 4.49. The number of aliphatic hydroxyl groups excluding tert-OH is 1. The summed E-state index contributed by atoms with van der Waals surface area (Å²) < 4.78 is 37.2. The zero-order valence-corrected chi connectivity index (χ0v) is 13.6. The van der Waals surface area contributed by atoms with Crippen molar-refractivity contribution in [1.82, 2.24) is 10.2 Å². The van der Waals surface area contributed by atoms with Crippen molar-refractivity contribution in [2.24, 2.45) is 11.8 Å². The number of rotatable bonds is 5. The van der Waals surface area contributed by atoms with Crippen LogP contribution in [0.4, 0.5) is 13.2 Å². The summed E-state index contributed by atoms with van der Waals surface area (Å²) in [5, 5.41) is 12.1. The van der Waals surface area contributed by atoms with E-state index in [1.165, 1.54) is 5.56 Å². The Labute approximate surface area is 135 Å². The van der Waals surface area contributed by atoms with Gasteiger partial charge in [-0.2, -0.15) is 13.2 Å². The van der Waals surface area contributed by atoms with Gasteiger partial charge in [0.1, 0.15) is 0 Å². The minimum atomic E-state index is -4.56. The number of piperidine rings is 1. The Morgan fingerprint density at radius 3 is 2.26 bits per heavy atom. The van der Waals surface area contributed by atoms with E-state index in [1.807, 2.05) is 32.0 Å². The Morgan fingerprint density at radius 2 is 1.74 bits per heavy atom. The first-order valence-corrected chi connectivity index (χ1v) is 8.02. The molecule has 1 aromatic carbocycles. The Balaban J connectivity index is 1.87. The molecule has 3 nitrogen and oxygen atoms in total. The summed E-state index contributed by atoms with van der Waals surface area (Å²) >= 11 is 0. The van der Waals surface area contributed by atoms with Gasteiger partial charge in [0, 0.05) is 32.2 Å². The molecule has 6 heteroatoms. The SMILES string of the molecule is CC1CN(Cc2ccccc2)CC(C)C1NCC(O)C(F)(F)F. The molecule has 3 unspecified atom stereocenters. The third kappa shape index (κ3) is 5.19. The van der Waals surface area contributed by atoms with Crippen molar-refractivity contribution in [2.45, 2.75) is 38.7 Å². The number of nitrogens with zero attached hydrogens (tertiary/aromatic N) is 1. The molecule has 0 spiro atoms. The fraction of sp³-hybridized carbons (Fsp3) is 0.647. The molecule has 0 saturated carbocycles. The fourth-order valence-corrected chi connectivity index (χ4v) is 3.41. The zero-order valence-electron chi connectivity index (χ0n) is 13.6. The van der Waals surface area contributed by atoms with Crippen LogP contribution in [0.1, 0.15) is 19.4 Å². The maximum atomic E-state index is 12.4. The van der Waals surface area contributed by atoms with E-state index in [-0.39, 0.29) is 17.9 Å². The maximum absolute atomic E-state index is 12.4. The molecule has 3 atom stereocenters. The number of alkyl halides is 3. The number of hydrogen-bond donors (Lipinski definition) is 2.